The van der Waals surface area contributed by atoms with Crippen LogP contribution in [0.1, 0.15) is 32.0 Å². The van der Waals surface area contributed by atoms with Crippen molar-refractivity contribution >= 4 is 0 Å². The van der Waals surface area contributed by atoms with Crippen molar-refractivity contribution in [2.75, 3.05) is 7.05 Å². The van der Waals surface area contributed by atoms with Crippen molar-refractivity contribution in [1.29, 1.82) is 0 Å². The minimum Gasteiger partial charge on any atom is -0.311 e. The van der Waals surface area contributed by atoms with Crippen LogP contribution in [0, 0.1) is 11.7 Å². The maximum atomic E-state index is 12.7. The molecule has 1 heterocycles. The average molecular weight is 196 g/mol. The van der Waals surface area contributed by atoms with Gasteiger partial charge in [0, 0.05) is 0 Å². The summed E-state index contributed by atoms with van der Waals surface area (Å²) in [5.41, 5.74) is 0.906. The number of nitrogens with zero attached hydrogens (tertiary/aromatic N) is 1. The van der Waals surface area contributed by atoms with Crippen LogP contribution in [0.5, 0.6) is 0 Å². The Kier molecular flexibility index (Phi) is 4.01. The molecule has 78 valence electrons. The summed E-state index contributed by atoms with van der Waals surface area (Å²) in [4.78, 5) is 4.08. The van der Waals surface area contributed by atoms with Gasteiger partial charge in [0.15, 0.2) is 0 Å². The second-order valence-corrected chi connectivity index (χ2v) is 3.55. The van der Waals surface area contributed by atoms with Gasteiger partial charge in [-0.3, -0.25) is 4.98 Å². The smallest absolute Gasteiger partial charge is 0.141 e. The van der Waals surface area contributed by atoms with E-state index >= 15 is 0 Å². The largest absolute Gasteiger partial charge is 0.311 e. The Bertz CT molecular complexity index is 271. The minimum atomic E-state index is -0.284. The lowest BCUT2D eigenvalue weighted by Crippen LogP contribution is -2.24. The zero-order chi connectivity index (χ0) is 10.6. The highest BCUT2D eigenvalue weighted by Gasteiger charge is 2.16. The lowest BCUT2D eigenvalue weighted by Gasteiger charge is -2.21. The molecule has 1 aromatic rings. The first-order valence-electron chi connectivity index (χ1n) is 4.97. The lowest BCUT2D eigenvalue weighted by atomic mass is 9.96. The molecule has 1 N–H and O–H groups in total. The Morgan fingerprint density at radius 3 is 2.64 bits per heavy atom. The van der Waals surface area contributed by atoms with E-state index in [2.05, 4.69) is 24.1 Å². The number of halogens is 1. The van der Waals surface area contributed by atoms with Crippen molar-refractivity contribution < 1.29 is 4.39 Å². The van der Waals surface area contributed by atoms with Crippen LogP contribution in [0.2, 0.25) is 0 Å². The van der Waals surface area contributed by atoms with Crippen molar-refractivity contribution in [3.05, 3.63) is 29.8 Å². The third-order valence-electron chi connectivity index (χ3n) is 2.59. The summed E-state index contributed by atoms with van der Waals surface area (Å²) >= 11 is 0. The number of hydrogen-bond donors (Lipinski definition) is 1. The van der Waals surface area contributed by atoms with Crippen LogP contribution in [-0.4, -0.2) is 12.0 Å². The minimum absolute atomic E-state index is 0.209. The molecule has 0 aromatic carbocycles. The number of aromatic nitrogens is 1. The van der Waals surface area contributed by atoms with E-state index in [1.807, 2.05) is 7.05 Å². The molecule has 2 unspecified atom stereocenters. The second kappa shape index (κ2) is 5.05. The summed E-state index contributed by atoms with van der Waals surface area (Å²) in [7, 11) is 1.90. The maximum absolute atomic E-state index is 12.7. The summed E-state index contributed by atoms with van der Waals surface area (Å²) in [6.07, 6.45) is 2.34. The fourth-order valence-electron chi connectivity index (χ4n) is 1.53. The Labute approximate surface area is 84.6 Å². The van der Waals surface area contributed by atoms with Gasteiger partial charge in [-0.1, -0.05) is 20.3 Å². The van der Waals surface area contributed by atoms with Crippen LogP contribution in [0.3, 0.4) is 0 Å². The monoisotopic (exact) mass is 196 g/mol. The maximum Gasteiger partial charge on any atom is 0.141 e. The molecule has 14 heavy (non-hydrogen) atoms. The Morgan fingerprint density at radius 2 is 2.21 bits per heavy atom. The highest BCUT2D eigenvalue weighted by Crippen LogP contribution is 2.21. The molecule has 3 heteroatoms. The average Bonchev–Trinajstić information content (AvgIpc) is 2.21. The number of pyridine rings is 1. The van der Waals surface area contributed by atoms with Gasteiger partial charge in [-0.2, -0.15) is 0 Å². The van der Waals surface area contributed by atoms with Crippen LogP contribution >= 0.6 is 0 Å². The first-order chi connectivity index (χ1) is 6.69. The Balaban J connectivity index is 2.84. The van der Waals surface area contributed by atoms with Crippen LogP contribution in [0.15, 0.2) is 18.3 Å². The molecule has 0 fully saturated rings. The van der Waals surface area contributed by atoms with E-state index in [1.165, 1.54) is 12.3 Å². The van der Waals surface area contributed by atoms with Gasteiger partial charge < -0.3 is 5.32 Å². The number of rotatable bonds is 4. The van der Waals surface area contributed by atoms with Crippen molar-refractivity contribution in [3.8, 4) is 0 Å². The normalized spacial score (nSPS) is 15.1. The van der Waals surface area contributed by atoms with Gasteiger partial charge in [-0.05, 0) is 25.1 Å². The quantitative estimate of drug-likeness (QED) is 0.800. The van der Waals surface area contributed by atoms with Crippen molar-refractivity contribution in [1.82, 2.24) is 10.3 Å². The van der Waals surface area contributed by atoms with Crippen molar-refractivity contribution in [2.24, 2.45) is 5.92 Å². The molecule has 2 atom stereocenters. The third-order valence-corrected chi connectivity index (χ3v) is 2.59. The Morgan fingerprint density at radius 1 is 1.50 bits per heavy atom. The van der Waals surface area contributed by atoms with Gasteiger partial charge in [0.05, 0.1) is 17.9 Å². The third kappa shape index (κ3) is 2.51. The van der Waals surface area contributed by atoms with Gasteiger partial charge >= 0.3 is 0 Å². The molecular formula is C11H17FN2. The van der Waals surface area contributed by atoms with E-state index < -0.39 is 0 Å². The molecule has 0 aliphatic heterocycles. The van der Waals surface area contributed by atoms with E-state index in [9.17, 15) is 4.39 Å². The topological polar surface area (TPSA) is 24.9 Å². The summed E-state index contributed by atoms with van der Waals surface area (Å²) in [5.74, 6) is 0.214. The first-order valence-corrected chi connectivity index (χ1v) is 4.97. The highest BCUT2D eigenvalue weighted by molar-refractivity contribution is 5.10. The molecule has 0 spiro atoms. The van der Waals surface area contributed by atoms with Crippen LogP contribution < -0.4 is 5.32 Å². The van der Waals surface area contributed by atoms with E-state index in [-0.39, 0.29) is 11.9 Å². The Hall–Kier alpha value is -0.960. The summed E-state index contributed by atoms with van der Waals surface area (Å²) in [6.45, 7) is 4.30. The summed E-state index contributed by atoms with van der Waals surface area (Å²) in [6, 6.07) is 3.40. The zero-order valence-electron chi connectivity index (χ0n) is 8.92. The molecule has 0 aliphatic carbocycles. The fraction of sp³-hybridized carbons (Fsp3) is 0.545. The molecule has 0 bridgehead atoms. The zero-order valence-corrected chi connectivity index (χ0v) is 8.92. The predicted molar refractivity (Wildman–Crippen MR) is 55.5 cm³/mol. The van der Waals surface area contributed by atoms with Crippen molar-refractivity contribution in [2.45, 2.75) is 26.3 Å². The molecule has 1 rings (SSSR count). The van der Waals surface area contributed by atoms with E-state index in [1.54, 1.807) is 6.07 Å². The lowest BCUT2D eigenvalue weighted by molar-refractivity contribution is 0.392. The molecular weight excluding hydrogens is 179 g/mol. The van der Waals surface area contributed by atoms with Gasteiger partial charge in [0.25, 0.3) is 0 Å². The predicted octanol–water partition coefficient (Wildman–Crippen LogP) is 2.53. The summed E-state index contributed by atoms with van der Waals surface area (Å²) < 4.78 is 12.7. The summed E-state index contributed by atoms with van der Waals surface area (Å²) in [5, 5.41) is 3.20. The van der Waals surface area contributed by atoms with Crippen LogP contribution in [0.25, 0.3) is 0 Å². The fourth-order valence-corrected chi connectivity index (χ4v) is 1.53. The van der Waals surface area contributed by atoms with Gasteiger partial charge in [0.1, 0.15) is 5.82 Å². The van der Waals surface area contributed by atoms with E-state index in [0.29, 0.717) is 5.92 Å². The molecule has 0 saturated carbocycles. The van der Waals surface area contributed by atoms with E-state index in [0.717, 1.165) is 12.1 Å². The van der Waals surface area contributed by atoms with Gasteiger partial charge in [-0.15, -0.1) is 0 Å². The highest BCUT2D eigenvalue weighted by atomic mass is 19.1. The molecule has 0 amide bonds. The van der Waals surface area contributed by atoms with Crippen LogP contribution in [0.4, 0.5) is 4.39 Å². The van der Waals surface area contributed by atoms with Gasteiger partial charge in [0.2, 0.25) is 0 Å². The first kappa shape index (κ1) is 11.1. The molecule has 1 aromatic heterocycles. The molecule has 0 aliphatic rings. The molecule has 0 saturated heterocycles. The molecule has 2 nitrogen and oxygen atoms in total. The SMILES string of the molecule is CCC(C)C(NC)c1ccc(F)cn1. The number of nitrogens with one attached hydrogen (secondary N) is 1. The number of hydrogen-bond acceptors (Lipinski definition) is 2. The molecule has 0 radical (unpaired) electrons. The standard InChI is InChI=1S/C11H17FN2/c1-4-8(2)11(13-3)10-6-5-9(12)7-14-10/h5-8,11,13H,4H2,1-3H3. The van der Waals surface area contributed by atoms with Crippen molar-refractivity contribution in [3.63, 3.8) is 0 Å². The van der Waals surface area contributed by atoms with E-state index in [4.69, 9.17) is 0 Å². The van der Waals surface area contributed by atoms with Gasteiger partial charge in [-0.25, -0.2) is 4.39 Å². The van der Waals surface area contributed by atoms with Crippen LogP contribution in [-0.2, 0) is 0 Å². The second-order valence-electron chi connectivity index (χ2n) is 3.55.